The van der Waals surface area contributed by atoms with E-state index in [1.807, 2.05) is 0 Å². The number of carbonyl (C=O) groups excluding carboxylic acids is 1. The van der Waals surface area contributed by atoms with E-state index in [1.54, 1.807) is 18.2 Å². The van der Waals surface area contributed by atoms with Crippen molar-refractivity contribution in [1.29, 1.82) is 0 Å². The minimum Gasteiger partial charge on any atom is -0.530 e. The summed E-state index contributed by atoms with van der Waals surface area (Å²) < 4.78 is 25.2. The number of amides is 1. The van der Waals surface area contributed by atoms with Crippen molar-refractivity contribution < 1.29 is 18.3 Å². The molecule has 0 aliphatic carbocycles. The van der Waals surface area contributed by atoms with Crippen LogP contribution in [0.3, 0.4) is 0 Å². The molecule has 0 spiro atoms. The van der Waals surface area contributed by atoms with Gasteiger partial charge in [0.2, 0.25) is 15.8 Å². The Morgan fingerprint density at radius 1 is 1.13 bits per heavy atom. The van der Waals surface area contributed by atoms with Gasteiger partial charge in [-0.05, 0) is 30.3 Å². The van der Waals surface area contributed by atoms with Gasteiger partial charge in [-0.15, -0.1) is 0 Å². The molecular weight excluding hydrogens is 318 g/mol. The molecule has 3 rings (SSSR count). The first kappa shape index (κ1) is 15.0. The number of benzene rings is 2. The molecule has 1 amide bonds. The molecule has 1 heterocycles. The zero-order valence-corrected chi connectivity index (χ0v) is 12.9. The summed E-state index contributed by atoms with van der Waals surface area (Å²) in [7, 11) is -2.36. The van der Waals surface area contributed by atoms with Gasteiger partial charge in [0.05, 0.1) is 20.8 Å². The molecule has 0 saturated carbocycles. The largest absolute Gasteiger partial charge is 0.530 e. The zero-order chi connectivity index (χ0) is 16.6. The quantitative estimate of drug-likeness (QED) is 0.776. The zero-order valence-electron chi connectivity index (χ0n) is 12.1. The first-order chi connectivity index (χ1) is 10.9. The van der Waals surface area contributed by atoms with Crippen LogP contribution in [0.1, 0.15) is 0 Å². The second-order valence-electron chi connectivity index (χ2n) is 4.88. The number of carboxylic acid groups (broad SMARTS) is 1. The summed E-state index contributed by atoms with van der Waals surface area (Å²) in [5, 5.41) is 10.8. The van der Waals surface area contributed by atoms with E-state index in [4.69, 9.17) is 0 Å². The fourth-order valence-corrected chi connectivity index (χ4v) is 3.43. The molecule has 118 valence electrons. The van der Waals surface area contributed by atoms with Crippen LogP contribution in [0.4, 0.5) is 10.7 Å². The summed E-state index contributed by atoms with van der Waals surface area (Å²) in [6.45, 7) is 0. The monoisotopic (exact) mass is 330 g/mol. The van der Waals surface area contributed by atoms with Crippen LogP contribution in [-0.4, -0.2) is 31.5 Å². The normalized spacial score (nSPS) is 11.5. The predicted molar refractivity (Wildman–Crippen MR) is 81.8 cm³/mol. The summed E-state index contributed by atoms with van der Waals surface area (Å²) in [6, 6.07) is 12.5. The number of hydrogen-bond acceptors (Lipinski definition) is 5. The summed E-state index contributed by atoms with van der Waals surface area (Å²) in [5.41, 5.74) is 0.880. The maximum Gasteiger partial charge on any atom is 0.209 e. The third-order valence-corrected chi connectivity index (χ3v) is 5.16. The lowest BCUT2D eigenvalue weighted by atomic mass is 10.3. The third-order valence-electron chi connectivity index (χ3n) is 3.40. The molecule has 7 nitrogen and oxygen atoms in total. The van der Waals surface area contributed by atoms with Crippen LogP contribution in [-0.2, 0) is 9.84 Å². The van der Waals surface area contributed by atoms with Gasteiger partial charge < -0.3 is 19.8 Å². The van der Waals surface area contributed by atoms with Crippen molar-refractivity contribution >= 4 is 32.9 Å². The molecule has 0 atom stereocenters. The van der Waals surface area contributed by atoms with Gasteiger partial charge in [0.25, 0.3) is 0 Å². The summed E-state index contributed by atoms with van der Waals surface area (Å²) in [4.78, 5) is 18.8. The first-order valence-electron chi connectivity index (χ1n) is 6.64. The molecule has 23 heavy (non-hydrogen) atoms. The Morgan fingerprint density at radius 2 is 1.83 bits per heavy atom. The van der Waals surface area contributed by atoms with E-state index in [1.165, 1.54) is 37.4 Å². The maximum absolute atomic E-state index is 12.6. The summed E-state index contributed by atoms with van der Waals surface area (Å²) in [6.07, 6.45) is -1.42. The van der Waals surface area contributed by atoms with Crippen LogP contribution in [0, 0.1) is 0 Å². The van der Waals surface area contributed by atoms with Gasteiger partial charge in [0, 0.05) is 7.05 Å². The number of carbonyl (C=O) groups is 1. The molecule has 0 bridgehead atoms. The smallest absolute Gasteiger partial charge is 0.209 e. The Kier molecular flexibility index (Phi) is 3.53. The van der Waals surface area contributed by atoms with E-state index in [9.17, 15) is 18.3 Å². The third kappa shape index (κ3) is 2.64. The molecule has 2 aromatic carbocycles. The van der Waals surface area contributed by atoms with Crippen molar-refractivity contribution in [2.45, 2.75) is 9.79 Å². The molecule has 0 aliphatic heterocycles. The number of nitrogens with one attached hydrogen (secondary N) is 1. The molecular formula is C15H12N3O4S-. The number of aromatic amines is 1. The minimum atomic E-state index is -3.65. The Hall–Kier alpha value is -2.87. The lowest BCUT2D eigenvalue weighted by Crippen LogP contribution is -2.38. The van der Waals surface area contributed by atoms with Crippen LogP contribution in [0.2, 0.25) is 0 Å². The molecule has 1 N–H and O–H groups in total. The number of hydrogen-bond donors (Lipinski definition) is 1. The van der Waals surface area contributed by atoms with Crippen LogP contribution in [0.5, 0.6) is 0 Å². The highest BCUT2D eigenvalue weighted by Crippen LogP contribution is 2.25. The summed E-state index contributed by atoms with van der Waals surface area (Å²) >= 11 is 0. The Bertz CT molecular complexity index is 980. The van der Waals surface area contributed by atoms with Gasteiger partial charge in [-0.1, -0.05) is 18.2 Å². The number of nitrogens with zero attached hydrogens (tertiary/aromatic N) is 2. The first-order valence-corrected chi connectivity index (χ1v) is 8.12. The Balaban J connectivity index is 2.09. The molecule has 1 aromatic heterocycles. The molecule has 0 fully saturated rings. The van der Waals surface area contributed by atoms with Crippen LogP contribution >= 0.6 is 0 Å². The van der Waals surface area contributed by atoms with E-state index >= 15 is 0 Å². The number of H-pyrrole nitrogens is 1. The van der Waals surface area contributed by atoms with Gasteiger partial charge in [-0.3, -0.25) is 0 Å². The van der Waals surface area contributed by atoms with Crippen molar-refractivity contribution in [3.8, 4) is 0 Å². The number of imidazole rings is 1. The van der Waals surface area contributed by atoms with Gasteiger partial charge in [-0.2, -0.15) is 0 Å². The Morgan fingerprint density at radius 3 is 2.48 bits per heavy atom. The second kappa shape index (κ2) is 5.40. The van der Waals surface area contributed by atoms with Crippen molar-refractivity contribution in [2.24, 2.45) is 0 Å². The van der Waals surface area contributed by atoms with Crippen LogP contribution in [0.15, 0.2) is 58.3 Å². The van der Waals surface area contributed by atoms with Crippen LogP contribution in [0.25, 0.3) is 11.0 Å². The van der Waals surface area contributed by atoms with Gasteiger partial charge in [0.1, 0.15) is 6.09 Å². The lowest BCUT2D eigenvalue weighted by Gasteiger charge is -2.15. The van der Waals surface area contributed by atoms with Gasteiger partial charge in [0.15, 0.2) is 0 Å². The molecule has 3 aromatic rings. The van der Waals surface area contributed by atoms with Gasteiger partial charge in [-0.25, -0.2) is 13.4 Å². The van der Waals surface area contributed by atoms with E-state index in [0.717, 1.165) is 4.90 Å². The van der Waals surface area contributed by atoms with Crippen molar-refractivity contribution in [2.75, 3.05) is 11.9 Å². The fraction of sp³-hybridized carbons (Fsp3) is 0.0667. The minimum absolute atomic E-state index is 0.0641. The number of sulfone groups is 1. The average Bonchev–Trinajstić information content (AvgIpc) is 2.97. The number of rotatable bonds is 3. The topological polar surface area (TPSA) is 106 Å². The molecule has 0 aliphatic rings. The molecule has 0 radical (unpaired) electrons. The highest BCUT2D eigenvalue weighted by Gasteiger charge is 2.18. The molecule has 0 unspecified atom stereocenters. The number of anilines is 1. The van der Waals surface area contributed by atoms with Gasteiger partial charge >= 0.3 is 0 Å². The summed E-state index contributed by atoms with van der Waals surface area (Å²) in [5.74, 6) is 0.0641. The standard InChI is InChI=1S/C15H13N3O4S/c1-18(15(19)20)14-16-12-8-7-11(9-13(12)17-14)23(21,22)10-5-3-2-4-6-10/h2-9H,1H3,(H,16,17)(H,19,20)/p-1. The van der Waals surface area contributed by atoms with Crippen molar-refractivity contribution in [3.63, 3.8) is 0 Å². The number of fused-ring (bicyclic) bond motifs is 1. The molecule has 8 heteroatoms. The van der Waals surface area contributed by atoms with E-state index in [-0.39, 0.29) is 15.7 Å². The Labute approximate surface area is 132 Å². The molecule has 0 saturated heterocycles. The highest BCUT2D eigenvalue weighted by atomic mass is 32.2. The highest BCUT2D eigenvalue weighted by molar-refractivity contribution is 7.91. The maximum atomic E-state index is 12.6. The number of aromatic nitrogens is 2. The average molecular weight is 330 g/mol. The SMILES string of the molecule is CN(C(=O)[O-])c1nc2ccc(S(=O)(=O)c3ccccc3)cc2[nH]1. The van der Waals surface area contributed by atoms with E-state index in [0.29, 0.717) is 11.0 Å². The van der Waals surface area contributed by atoms with E-state index < -0.39 is 15.9 Å². The lowest BCUT2D eigenvalue weighted by molar-refractivity contribution is -0.246. The van der Waals surface area contributed by atoms with Crippen LogP contribution < -0.4 is 10.0 Å². The van der Waals surface area contributed by atoms with Crippen molar-refractivity contribution in [1.82, 2.24) is 9.97 Å². The van der Waals surface area contributed by atoms with E-state index in [2.05, 4.69) is 9.97 Å². The van der Waals surface area contributed by atoms with Crippen molar-refractivity contribution in [3.05, 3.63) is 48.5 Å². The predicted octanol–water partition coefficient (Wildman–Crippen LogP) is 1.18. The fourth-order valence-electron chi connectivity index (χ4n) is 2.12. The second-order valence-corrected chi connectivity index (χ2v) is 6.83.